The highest BCUT2D eigenvalue weighted by Crippen LogP contribution is 2.30. The van der Waals surface area contributed by atoms with Crippen LogP contribution in [-0.2, 0) is 25.8 Å². The quantitative estimate of drug-likeness (QED) is 0.708. The monoisotopic (exact) mass is 421 g/mol. The number of para-hydroxylation sites is 1. The number of nitrogens with zero attached hydrogens (tertiary/aromatic N) is 1. The summed E-state index contributed by atoms with van der Waals surface area (Å²) in [6.07, 6.45) is 2.72. The van der Waals surface area contributed by atoms with Crippen molar-refractivity contribution in [1.82, 2.24) is 0 Å². The zero-order valence-corrected chi connectivity index (χ0v) is 17.1. The van der Waals surface area contributed by atoms with E-state index in [4.69, 9.17) is 16.3 Å². The van der Waals surface area contributed by atoms with Gasteiger partial charge in [0.15, 0.2) is 16.4 Å². The van der Waals surface area contributed by atoms with Crippen LogP contribution in [-0.4, -0.2) is 39.2 Å². The Balaban J connectivity index is 1.74. The second kappa shape index (κ2) is 7.93. The number of halogens is 1. The molecule has 1 amide bonds. The van der Waals surface area contributed by atoms with E-state index >= 15 is 0 Å². The molecule has 1 aliphatic rings. The molecule has 0 fully saturated rings. The number of anilines is 1. The third kappa shape index (κ3) is 4.20. The fourth-order valence-electron chi connectivity index (χ4n) is 3.26. The van der Waals surface area contributed by atoms with Gasteiger partial charge in [0.2, 0.25) is 0 Å². The van der Waals surface area contributed by atoms with Crippen molar-refractivity contribution < 1.29 is 22.7 Å². The van der Waals surface area contributed by atoms with Gasteiger partial charge in [-0.25, -0.2) is 13.2 Å². The van der Waals surface area contributed by atoms with E-state index in [1.807, 2.05) is 31.2 Å². The predicted molar refractivity (Wildman–Crippen MR) is 107 cm³/mol. The van der Waals surface area contributed by atoms with Gasteiger partial charge in [-0.1, -0.05) is 29.8 Å². The average Bonchev–Trinajstić information content (AvgIpc) is 2.65. The largest absolute Gasteiger partial charge is 0.452 e. The van der Waals surface area contributed by atoms with Crippen molar-refractivity contribution in [3.05, 3.63) is 58.6 Å². The smallest absolute Gasteiger partial charge is 0.338 e. The third-order valence-electron chi connectivity index (χ3n) is 4.69. The number of amides is 1. The normalized spacial score (nSPS) is 16.4. The Kier molecular flexibility index (Phi) is 5.76. The number of aryl methyl sites for hydroxylation is 1. The minimum atomic E-state index is -3.59. The Labute approximate surface area is 169 Å². The van der Waals surface area contributed by atoms with E-state index in [-0.39, 0.29) is 27.4 Å². The van der Waals surface area contributed by atoms with Crippen LogP contribution in [0.4, 0.5) is 5.69 Å². The van der Waals surface area contributed by atoms with Gasteiger partial charge in [0, 0.05) is 18.0 Å². The summed E-state index contributed by atoms with van der Waals surface area (Å²) in [5.74, 6) is -1.11. The Morgan fingerprint density at radius 3 is 2.64 bits per heavy atom. The summed E-state index contributed by atoms with van der Waals surface area (Å²) in [7, 11) is -3.59. The molecule has 0 radical (unpaired) electrons. The van der Waals surface area contributed by atoms with Crippen LogP contribution in [0.15, 0.2) is 47.4 Å². The second-order valence-electron chi connectivity index (χ2n) is 6.77. The Hall–Kier alpha value is -2.38. The number of rotatable bonds is 4. The number of ether oxygens (including phenoxy) is 1. The summed E-state index contributed by atoms with van der Waals surface area (Å²) >= 11 is 5.89. The van der Waals surface area contributed by atoms with Crippen molar-refractivity contribution in [2.24, 2.45) is 0 Å². The highest BCUT2D eigenvalue weighted by atomic mass is 35.5. The Morgan fingerprint density at radius 2 is 1.93 bits per heavy atom. The molecule has 148 valence electrons. The van der Waals surface area contributed by atoms with Gasteiger partial charge in [-0.2, -0.15) is 0 Å². The highest BCUT2D eigenvalue weighted by molar-refractivity contribution is 7.90. The molecular weight excluding hydrogens is 402 g/mol. The fourth-order valence-corrected chi connectivity index (χ4v) is 4.56. The van der Waals surface area contributed by atoms with Crippen molar-refractivity contribution in [1.29, 1.82) is 0 Å². The van der Waals surface area contributed by atoms with Crippen molar-refractivity contribution in [2.45, 2.75) is 30.7 Å². The van der Waals surface area contributed by atoms with Crippen LogP contribution in [0.2, 0.25) is 5.02 Å². The van der Waals surface area contributed by atoms with Crippen molar-refractivity contribution >= 4 is 39.0 Å². The van der Waals surface area contributed by atoms with Crippen LogP contribution >= 0.6 is 11.6 Å². The van der Waals surface area contributed by atoms with Gasteiger partial charge < -0.3 is 9.64 Å². The fraction of sp³-hybridized carbons (Fsp3) is 0.300. The first-order valence-corrected chi connectivity index (χ1v) is 11.0. The van der Waals surface area contributed by atoms with Crippen LogP contribution in [0.25, 0.3) is 0 Å². The van der Waals surface area contributed by atoms with Gasteiger partial charge in [-0.3, -0.25) is 4.79 Å². The van der Waals surface area contributed by atoms with E-state index in [0.717, 1.165) is 36.4 Å². The lowest BCUT2D eigenvalue weighted by molar-refractivity contribution is -0.122. The number of sulfone groups is 1. The summed E-state index contributed by atoms with van der Waals surface area (Å²) in [6, 6.07) is 11.5. The molecule has 0 saturated heterocycles. The summed E-state index contributed by atoms with van der Waals surface area (Å²) < 4.78 is 28.7. The van der Waals surface area contributed by atoms with Gasteiger partial charge in [-0.05, 0) is 49.6 Å². The summed E-state index contributed by atoms with van der Waals surface area (Å²) in [5.41, 5.74) is 1.92. The van der Waals surface area contributed by atoms with Crippen LogP contribution < -0.4 is 4.90 Å². The number of benzene rings is 2. The molecule has 8 heteroatoms. The van der Waals surface area contributed by atoms with Gasteiger partial charge in [-0.15, -0.1) is 0 Å². The maximum absolute atomic E-state index is 12.7. The molecule has 3 rings (SSSR count). The number of hydrogen-bond acceptors (Lipinski definition) is 5. The molecule has 2 aromatic carbocycles. The number of carbonyl (C=O) groups is 2. The molecule has 0 aromatic heterocycles. The van der Waals surface area contributed by atoms with Crippen LogP contribution in [0.1, 0.15) is 29.3 Å². The minimum absolute atomic E-state index is 0.00605. The average molecular weight is 422 g/mol. The molecular formula is C20H20ClNO5S. The number of fused-ring (bicyclic) bond motifs is 1. The molecule has 2 aromatic rings. The molecule has 0 bridgehead atoms. The topological polar surface area (TPSA) is 80.8 Å². The van der Waals surface area contributed by atoms with Gasteiger partial charge >= 0.3 is 5.97 Å². The maximum Gasteiger partial charge on any atom is 0.338 e. The molecule has 6 nitrogen and oxygen atoms in total. The first-order chi connectivity index (χ1) is 13.2. The zero-order valence-electron chi connectivity index (χ0n) is 15.5. The Morgan fingerprint density at radius 1 is 1.21 bits per heavy atom. The second-order valence-corrected chi connectivity index (χ2v) is 9.17. The molecule has 1 heterocycles. The zero-order chi connectivity index (χ0) is 20.5. The number of hydrogen-bond donors (Lipinski definition) is 0. The van der Waals surface area contributed by atoms with Crippen LogP contribution in [0.3, 0.4) is 0 Å². The van der Waals surface area contributed by atoms with Gasteiger partial charge in [0.25, 0.3) is 5.91 Å². The Bertz CT molecular complexity index is 1030. The molecule has 1 atom stereocenters. The summed E-state index contributed by atoms with van der Waals surface area (Å²) in [4.78, 5) is 26.5. The minimum Gasteiger partial charge on any atom is -0.452 e. The van der Waals surface area contributed by atoms with Crippen molar-refractivity contribution in [2.75, 3.05) is 17.8 Å². The maximum atomic E-state index is 12.7. The van der Waals surface area contributed by atoms with E-state index in [9.17, 15) is 18.0 Å². The molecule has 0 aliphatic carbocycles. The lowest BCUT2D eigenvalue weighted by atomic mass is 9.96. The third-order valence-corrected chi connectivity index (χ3v) is 6.26. The molecule has 1 aliphatic heterocycles. The molecule has 28 heavy (non-hydrogen) atoms. The molecule has 0 saturated carbocycles. The van der Waals surface area contributed by atoms with Crippen molar-refractivity contribution in [3.8, 4) is 0 Å². The van der Waals surface area contributed by atoms with E-state index in [2.05, 4.69) is 0 Å². The van der Waals surface area contributed by atoms with Gasteiger partial charge in [0.1, 0.15) is 0 Å². The van der Waals surface area contributed by atoms with Crippen LogP contribution in [0, 0.1) is 0 Å². The lowest BCUT2D eigenvalue weighted by Gasteiger charge is -2.35. The van der Waals surface area contributed by atoms with E-state index in [0.29, 0.717) is 0 Å². The first-order valence-electron chi connectivity index (χ1n) is 8.75. The van der Waals surface area contributed by atoms with E-state index < -0.39 is 22.4 Å². The van der Waals surface area contributed by atoms with E-state index in [1.165, 1.54) is 12.1 Å². The molecule has 0 spiro atoms. The van der Waals surface area contributed by atoms with Crippen molar-refractivity contribution in [3.63, 3.8) is 0 Å². The number of esters is 1. The first kappa shape index (κ1) is 20.4. The summed E-state index contributed by atoms with van der Waals surface area (Å²) in [5, 5.41) is 0.0221. The SMILES string of the molecule is CC1CCc2ccccc2N1C(=O)COC(=O)c1ccc(Cl)c(S(C)(=O)=O)c1. The highest BCUT2D eigenvalue weighted by Gasteiger charge is 2.28. The number of carbonyl (C=O) groups excluding carboxylic acids is 2. The molecule has 1 unspecified atom stereocenters. The predicted octanol–water partition coefficient (Wildman–Crippen LogP) is 3.27. The van der Waals surface area contributed by atoms with Gasteiger partial charge in [0.05, 0.1) is 15.5 Å². The van der Waals surface area contributed by atoms with Crippen LogP contribution in [0.5, 0.6) is 0 Å². The summed E-state index contributed by atoms with van der Waals surface area (Å²) in [6.45, 7) is 1.52. The molecule has 0 N–H and O–H groups in total. The lowest BCUT2D eigenvalue weighted by Crippen LogP contribution is -2.44. The van der Waals surface area contributed by atoms with E-state index in [1.54, 1.807) is 4.90 Å². The standard InChI is InChI=1S/C20H20ClNO5S/c1-13-7-8-14-5-3-4-6-17(14)22(13)19(23)12-27-20(24)15-9-10-16(21)18(11-15)28(2,25)26/h3-6,9-11,13H,7-8,12H2,1-2H3.